The molecule has 0 atom stereocenters. The lowest BCUT2D eigenvalue weighted by Crippen LogP contribution is -2.23. The summed E-state index contributed by atoms with van der Waals surface area (Å²) in [6.07, 6.45) is 7.88. The molecule has 0 aliphatic heterocycles. The maximum Gasteiger partial charge on any atom is 0.244 e. The molecule has 1 amide bonds. The summed E-state index contributed by atoms with van der Waals surface area (Å²) in [6, 6.07) is 13.5. The Kier molecular flexibility index (Phi) is 4.91. The van der Waals surface area contributed by atoms with Gasteiger partial charge in [0.1, 0.15) is 0 Å². The van der Waals surface area contributed by atoms with Crippen LogP contribution in [0.4, 0.5) is 0 Å². The average Bonchev–Trinajstić information content (AvgIpc) is 3.03. The quantitative estimate of drug-likeness (QED) is 0.710. The van der Waals surface area contributed by atoms with E-state index in [1.807, 2.05) is 59.3 Å². The molecular weight excluding hydrogens is 302 g/mol. The molecule has 0 aliphatic carbocycles. The third kappa shape index (κ3) is 3.81. The van der Waals surface area contributed by atoms with Crippen molar-refractivity contribution in [3.63, 3.8) is 0 Å². The molecule has 0 saturated heterocycles. The van der Waals surface area contributed by atoms with Gasteiger partial charge in [-0.2, -0.15) is 0 Å². The van der Waals surface area contributed by atoms with E-state index in [9.17, 15) is 4.79 Å². The van der Waals surface area contributed by atoms with Crippen molar-refractivity contribution in [2.24, 2.45) is 0 Å². The van der Waals surface area contributed by atoms with E-state index in [-0.39, 0.29) is 5.91 Å². The minimum Gasteiger partial charge on any atom is -0.493 e. The van der Waals surface area contributed by atoms with E-state index in [4.69, 9.17) is 4.74 Å². The van der Waals surface area contributed by atoms with Crippen LogP contribution in [0.1, 0.15) is 11.3 Å². The van der Waals surface area contributed by atoms with Gasteiger partial charge in [0.2, 0.25) is 5.91 Å². The first-order valence-electron chi connectivity index (χ1n) is 7.78. The molecule has 0 fully saturated rings. The van der Waals surface area contributed by atoms with E-state index in [1.165, 1.54) is 0 Å². The van der Waals surface area contributed by atoms with Crippen molar-refractivity contribution in [3.05, 3.63) is 72.2 Å². The molecule has 3 aromatic rings. The van der Waals surface area contributed by atoms with Crippen molar-refractivity contribution in [1.82, 2.24) is 14.7 Å². The van der Waals surface area contributed by atoms with Gasteiger partial charge >= 0.3 is 0 Å². The number of methoxy groups -OCH3 is 1. The Morgan fingerprint density at radius 1 is 1.25 bits per heavy atom. The normalized spacial score (nSPS) is 11.0. The van der Waals surface area contributed by atoms with E-state index >= 15 is 0 Å². The molecule has 2 aromatic heterocycles. The van der Waals surface area contributed by atoms with Crippen LogP contribution in [0.15, 0.2) is 60.9 Å². The lowest BCUT2D eigenvalue weighted by Gasteiger charge is -2.00. The summed E-state index contributed by atoms with van der Waals surface area (Å²) in [5.74, 6) is 0.624. The molecule has 0 radical (unpaired) electrons. The summed E-state index contributed by atoms with van der Waals surface area (Å²) in [6.45, 7) is 0.532. The number of imidazole rings is 1. The van der Waals surface area contributed by atoms with Crippen LogP contribution < -0.4 is 10.1 Å². The van der Waals surface area contributed by atoms with Gasteiger partial charge in [-0.25, -0.2) is 4.98 Å². The Labute approximate surface area is 140 Å². The summed E-state index contributed by atoms with van der Waals surface area (Å²) >= 11 is 0. The van der Waals surface area contributed by atoms with Crippen molar-refractivity contribution in [3.8, 4) is 5.75 Å². The van der Waals surface area contributed by atoms with Crippen LogP contribution in [0.5, 0.6) is 5.75 Å². The van der Waals surface area contributed by atoms with Crippen LogP contribution in [-0.4, -0.2) is 28.9 Å². The molecule has 0 bridgehead atoms. The molecule has 2 heterocycles. The highest BCUT2D eigenvalue weighted by molar-refractivity contribution is 5.91. The van der Waals surface area contributed by atoms with Crippen LogP contribution in [0.2, 0.25) is 0 Å². The Morgan fingerprint density at radius 3 is 2.88 bits per heavy atom. The first-order valence-corrected chi connectivity index (χ1v) is 7.78. The van der Waals surface area contributed by atoms with Gasteiger partial charge in [-0.05, 0) is 23.8 Å². The first kappa shape index (κ1) is 15.8. The number of ether oxygens (including phenoxy) is 1. The molecule has 24 heavy (non-hydrogen) atoms. The molecule has 3 rings (SSSR count). The lowest BCUT2D eigenvalue weighted by atomic mass is 10.2. The monoisotopic (exact) mass is 321 g/mol. The van der Waals surface area contributed by atoms with E-state index in [0.717, 1.165) is 22.7 Å². The van der Waals surface area contributed by atoms with Crippen LogP contribution in [-0.2, 0) is 11.2 Å². The fraction of sp³-hybridized carbons (Fsp3) is 0.158. The number of hydrogen-bond donors (Lipinski definition) is 1. The first-order chi connectivity index (χ1) is 11.8. The molecule has 5 nitrogen and oxygen atoms in total. The number of nitrogens with one attached hydrogen (secondary N) is 1. The van der Waals surface area contributed by atoms with Crippen LogP contribution in [0.3, 0.4) is 0 Å². The summed E-state index contributed by atoms with van der Waals surface area (Å²) in [7, 11) is 1.63. The summed E-state index contributed by atoms with van der Waals surface area (Å²) in [4.78, 5) is 16.4. The number of aromatic nitrogens is 2. The number of hydrogen-bond acceptors (Lipinski definition) is 3. The number of pyridine rings is 1. The molecule has 122 valence electrons. The zero-order valence-electron chi connectivity index (χ0n) is 13.5. The van der Waals surface area contributed by atoms with Crippen molar-refractivity contribution in [2.75, 3.05) is 13.7 Å². The van der Waals surface area contributed by atoms with Gasteiger partial charge in [0.05, 0.1) is 12.8 Å². The highest BCUT2D eigenvalue weighted by atomic mass is 16.5. The van der Waals surface area contributed by atoms with Gasteiger partial charge in [0.15, 0.2) is 11.4 Å². The Bertz CT molecular complexity index is 853. The molecule has 5 heteroatoms. The third-order valence-electron chi connectivity index (χ3n) is 3.62. The highest BCUT2D eigenvalue weighted by Crippen LogP contribution is 2.18. The fourth-order valence-corrected chi connectivity index (χ4v) is 2.43. The Balaban J connectivity index is 1.55. The maximum absolute atomic E-state index is 11.8. The van der Waals surface area contributed by atoms with Crippen molar-refractivity contribution < 1.29 is 9.53 Å². The fourth-order valence-electron chi connectivity index (χ4n) is 2.43. The number of fused-ring (bicyclic) bond motifs is 1. The second-order valence-electron chi connectivity index (χ2n) is 5.32. The number of rotatable bonds is 6. The van der Waals surface area contributed by atoms with E-state index in [1.54, 1.807) is 19.3 Å². The predicted octanol–water partition coefficient (Wildman–Crippen LogP) is 2.72. The average molecular weight is 321 g/mol. The lowest BCUT2D eigenvalue weighted by molar-refractivity contribution is -0.116. The van der Waals surface area contributed by atoms with Crippen LogP contribution in [0.25, 0.3) is 11.7 Å². The number of benzene rings is 1. The molecule has 0 unspecified atom stereocenters. The number of carbonyl (C=O) groups is 1. The van der Waals surface area contributed by atoms with E-state index in [2.05, 4.69) is 10.3 Å². The maximum atomic E-state index is 11.8. The molecule has 0 saturated carbocycles. The van der Waals surface area contributed by atoms with Crippen molar-refractivity contribution in [1.29, 1.82) is 0 Å². The SMILES string of the molecule is COc1cccn2cc(CCNC(=O)/C=C/c3ccccc3)nc12. The van der Waals surface area contributed by atoms with Gasteiger partial charge in [-0.15, -0.1) is 0 Å². The number of amides is 1. The van der Waals surface area contributed by atoms with E-state index in [0.29, 0.717) is 13.0 Å². The molecule has 0 aliphatic rings. The second kappa shape index (κ2) is 7.46. The van der Waals surface area contributed by atoms with Crippen LogP contribution >= 0.6 is 0 Å². The summed E-state index contributed by atoms with van der Waals surface area (Å²) in [5, 5.41) is 2.87. The molecule has 1 N–H and O–H groups in total. The number of carbonyl (C=O) groups excluding carboxylic acids is 1. The molecule has 0 spiro atoms. The standard InChI is InChI=1S/C19H19N3O2/c1-24-17-8-5-13-22-14-16(21-19(17)22)11-12-20-18(23)10-9-15-6-3-2-4-7-15/h2-10,13-14H,11-12H2,1H3,(H,20,23)/b10-9+. The van der Waals surface area contributed by atoms with Gasteiger partial charge < -0.3 is 14.5 Å². The molecular formula is C19H19N3O2. The topological polar surface area (TPSA) is 55.6 Å². The van der Waals surface area contributed by atoms with Crippen LogP contribution in [0, 0.1) is 0 Å². The Hall–Kier alpha value is -3.08. The summed E-state index contributed by atoms with van der Waals surface area (Å²) < 4.78 is 7.22. The number of nitrogens with zero attached hydrogens (tertiary/aromatic N) is 2. The zero-order chi connectivity index (χ0) is 16.8. The van der Waals surface area contributed by atoms with Gasteiger partial charge in [-0.3, -0.25) is 4.79 Å². The van der Waals surface area contributed by atoms with E-state index < -0.39 is 0 Å². The van der Waals surface area contributed by atoms with Crippen molar-refractivity contribution >= 4 is 17.6 Å². The van der Waals surface area contributed by atoms with Crippen molar-refractivity contribution in [2.45, 2.75) is 6.42 Å². The summed E-state index contributed by atoms with van der Waals surface area (Å²) in [5.41, 5.74) is 2.69. The zero-order valence-corrected chi connectivity index (χ0v) is 13.5. The highest BCUT2D eigenvalue weighted by Gasteiger charge is 2.06. The molecule has 1 aromatic carbocycles. The third-order valence-corrected chi connectivity index (χ3v) is 3.62. The predicted molar refractivity (Wildman–Crippen MR) is 93.9 cm³/mol. The second-order valence-corrected chi connectivity index (χ2v) is 5.32. The smallest absolute Gasteiger partial charge is 0.244 e. The largest absolute Gasteiger partial charge is 0.493 e. The van der Waals surface area contributed by atoms with Gasteiger partial charge in [-0.1, -0.05) is 30.3 Å². The minimum absolute atomic E-state index is 0.111. The minimum atomic E-state index is -0.111. The van der Waals surface area contributed by atoms with Gasteiger partial charge in [0.25, 0.3) is 0 Å². The van der Waals surface area contributed by atoms with Gasteiger partial charge in [0, 0.05) is 31.4 Å². The Morgan fingerprint density at radius 2 is 2.08 bits per heavy atom.